The molecular formula is C19H27N5. The Morgan fingerprint density at radius 3 is 2.79 bits per heavy atom. The van der Waals surface area contributed by atoms with Gasteiger partial charge in [0.1, 0.15) is 5.82 Å². The Labute approximate surface area is 144 Å². The van der Waals surface area contributed by atoms with Gasteiger partial charge in [-0.15, -0.1) is 0 Å². The number of aryl methyl sites for hydroxylation is 2. The van der Waals surface area contributed by atoms with Crippen LogP contribution in [0.5, 0.6) is 0 Å². The molecule has 1 fully saturated rings. The van der Waals surface area contributed by atoms with Crippen LogP contribution in [0.3, 0.4) is 0 Å². The molecule has 0 aromatic carbocycles. The summed E-state index contributed by atoms with van der Waals surface area (Å²) in [5, 5.41) is 0. The SMILES string of the molecule is Cc1cncc(CN2CCCC2c2nc(C)ncc2CN(C)C)c1. The first-order chi connectivity index (χ1) is 11.5. The van der Waals surface area contributed by atoms with Crippen LogP contribution in [0.2, 0.25) is 0 Å². The van der Waals surface area contributed by atoms with Crippen molar-refractivity contribution in [2.75, 3.05) is 20.6 Å². The summed E-state index contributed by atoms with van der Waals surface area (Å²) in [4.78, 5) is 18.3. The molecule has 128 valence electrons. The number of pyridine rings is 1. The van der Waals surface area contributed by atoms with Crippen LogP contribution >= 0.6 is 0 Å². The van der Waals surface area contributed by atoms with Crippen LogP contribution < -0.4 is 0 Å². The van der Waals surface area contributed by atoms with Crippen LogP contribution in [-0.2, 0) is 13.1 Å². The molecule has 5 nitrogen and oxygen atoms in total. The number of likely N-dealkylation sites (tertiary alicyclic amines) is 1. The van der Waals surface area contributed by atoms with Gasteiger partial charge in [-0.05, 0) is 58.5 Å². The van der Waals surface area contributed by atoms with Gasteiger partial charge in [0.05, 0.1) is 11.7 Å². The highest BCUT2D eigenvalue weighted by atomic mass is 15.2. The summed E-state index contributed by atoms with van der Waals surface area (Å²) in [6, 6.07) is 2.61. The number of hydrogen-bond acceptors (Lipinski definition) is 5. The number of nitrogens with zero attached hydrogens (tertiary/aromatic N) is 5. The van der Waals surface area contributed by atoms with Crippen molar-refractivity contribution in [1.29, 1.82) is 0 Å². The van der Waals surface area contributed by atoms with Gasteiger partial charge < -0.3 is 4.90 Å². The monoisotopic (exact) mass is 325 g/mol. The van der Waals surface area contributed by atoms with Gasteiger partial charge in [-0.1, -0.05) is 6.07 Å². The normalized spacial score (nSPS) is 18.5. The van der Waals surface area contributed by atoms with Crippen LogP contribution in [0.4, 0.5) is 0 Å². The maximum Gasteiger partial charge on any atom is 0.125 e. The molecule has 0 radical (unpaired) electrons. The molecule has 1 saturated heterocycles. The quantitative estimate of drug-likeness (QED) is 0.846. The van der Waals surface area contributed by atoms with E-state index in [9.17, 15) is 0 Å². The van der Waals surface area contributed by atoms with Gasteiger partial charge in [0.15, 0.2) is 0 Å². The first-order valence-corrected chi connectivity index (χ1v) is 8.64. The molecule has 24 heavy (non-hydrogen) atoms. The summed E-state index contributed by atoms with van der Waals surface area (Å²) in [6.07, 6.45) is 8.27. The third-order valence-corrected chi connectivity index (χ3v) is 4.50. The molecule has 2 aromatic rings. The number of hydrogen-bond donors (Lipinski definition) is 0. The minimum absolute atomic E-state index is 0.377. The maximum absolute atomic E-state index is 4.82. The average Bonchev–Trinajstić information content (AvgIpc) is 2.96. The van der Waals surface area contributed by atoms with Crippen molar-refractivity contribution in [3.63, 3.8) is 0 Å². The molecule has 1 aliphatic rings. The van der Waals surface area contributed by atoms with Crippen LogP contribution in [0.15, 0.2) is 24.7 Å². The van der Waals surface area contributed by atoms with Crippen LogP contribution in [0, 0.1) is 13.8 Å². The fourth-order valence-electron chi connectivity index (χ4n) is 3.53. The summed E-state index contributed by atoms with van der Waals surface area (Å²) in [5.74, 6) is 0.858. The predicted molar refractivity (Wildman–Crippen MR) is 95.5 cm³/mol. The van der Waals surface area contributed by atoms with Gasteiger partial charge in [-0.25, -0.2) is 9.97 Å². The van der Waals surface area contributed by atoms with E-state index in [-0.39, 0.29) is 0 Å². The fourth-order valence-corrected chi connectivity index (χ4v) is 3.53. The topological polar surface area (TPSA) is 45.2 Å². The van der Waals surface area contributed by atoms with E-state index in [1.54, 1.807) is 0 Å². The molecule has 1 atom stereocenters. The van der Waals surface area contributed by atoms with Crippen molar-refractivity contribution < 1.29 is 0 Å². The lowest BCUT2D eigenvalue weighted by atomic mass is 10.0. The molecule has 0 aliphatic carbocycles. The molecule has 0 spiro atoms. The lowest BCUT2D eigenvalue weighted by Gasteiger charge is -2.26. The highest BCUT2D eigenvalue weighted by Crippen LogP contribution is 2.34. The maximum atomic E-state index is 4.82. The molecule has 0 N–H and O–H groups in total. The van der Waals surface area contributed by atoms with E-state index in [4.69, 9.17) is 4.98 Å². The average molecular weight is 325 g/mol. The Morgan fingerprint density at radius 2 is 2.04 bits per heavy atom. The minimum Gasteiger partial charge on any atom is -0.305 e. The van der Waals surface area contributed by atoms with Gasteiger partial charge in [0.2, 0.25) is 0 Å². The summed E-state index contributed by atoms with van der Waals surface area (Å²) in [6.45, 7) is 7.01. The summed E-state index contributed by atoms with van der Waals surface area (Å²) in [7, 11) is 4.18. The third kappa shape index (κ3) is 3.97. The van der Waals surface area contributed by atoms with Crippen molar-refractivity contribution in [3.05, 3.63) is 52.9 Å². The molecular weight excluding hydrogens is 298 g/mol. The van der Waals surface area contributed by atoms with Gasteiger partial charge in [-0.3, -0.25) is 9.88 Å². The molecule has 1 unspecified atom stereocenters. The summed E-state index contributed by atoms with van der Waals surface area (Å²) >= 11 is 0. The second kappa shape index (κ2) is 7.36. The molecule has 5 heteroatoms. The lowest BCUT2D eigenvalue weighted by Crippen LogP contribution is -2.26. The van der Waals surface area contributed by atoms with Crippen molar-refractivity contribution in [1.82, 2.24) is 24.8 Å². The zero-order valence-electron chi connectivity index (χ0n) is 15.2. The van der Waals surface area contributed by atoms with Crippen molar-refractivity contribution in [3.8, 4) is 0 Å². The second-order valence-corrected chi connectivity index (χ2v) is 7.06. The van der Waals surface area contributed by atoms with Crippen molar-refractivity contribution in [2.45, 2.75) is 45.8 Å². The largest absolute Gasteiger partial charge is 0.305 e. The van der Waals surface area contributed by atoms with Crippen molar-refractivity contribution >= 4 is 0 Å². The Hall–Kier alpha value is -1.85. The molecule has 3 rings (SSSR count). The molecule has 3 heterocycles. The Balaban J connectivity index is 1.86. The lowest BCUT2D eigenvalue weighted by molar-refractivity contribution is 0.241. The first kappa shape index (κ1) is 17.0. The number of rotatable bonds is 5. The molecule has 1 aliphatic heterocycles. The van der Waals surface area contributed by atoms with Gasteiger partial charge >= 0.3 is 0 Å². The van der Waals surface area contributed by atoms with Gasteiger partial charge in [-0.2, -0.15) is 0 Å². The van der Waals surface area contributed by atoms with Crippen molar-refractivity contribution in [2.24, 2.45) is 0 Å². The summed E-state index contributed by atoms with van der Waals surface area (Å²) < 4.78 is 0. The van der Waals surface area contributed by atoms with Crippen LogP contribution in [-0.4, -0.2) is 45.4 Å². The Bertz CT molecular complexity index is 698. The fraction of sp³-hybridized carbons (Fsp3) is 0.526. The second-order valence-electron chi connectivity index (χ2n) is 7.06. The Kier molecular flexibility index (Phi) is 5.21. The Morgan fingerprint density at radius 1 is 1.21 bits per heavy atom. The van der Waals surface area contributed by atoms with E-state index in [0.717, 1.165) is 31.9 Å². The van der Waals surface area contributed by atoms with E-state index < -0.39 is 0 Å². The smallest absolute Gasteiger partial charge is 0.125 e. The van der Waals surface area contributed by atoms with Gasteiger partial charge in [0, 0.05) is 37.2 Å². The van der Waals surface area contributed by atoms with E-state index in [1.165, 1.54) is 28.8 Å². The van der Waals surface area contributed by atoms with Crippen LogP contribution in [0.25, 0.3) is 0 Å². The highest BCUT2D eigenvalue weighted by molar-refractivity contribution is 5.23. The highest BCUT2D eigenvalue weighted by Gasteiger charge is 2.29. The molecule has 0 saturated carbocycles. The van der Waals surface area contributed by atoms with E-state index in [2.05, 4.69) is 46.9 Å². The molecule has 2 aromatic heterocycles. The molecule has 0 bridgehead atoms. The zero-order chi connectivity index (χ0) is 17.1. The zero-order valence-corrected chi connectivity index (χ0v) is 15.2. The van der Waals surface area contributed by atoms with Gasteiger partial charge in [0.25, 0.3) is 0 Å². The number of aromatic nitrogens is 3. The molecule has 0 amide bonds. The standard InChI is InChI=1S/C19H27N5/c1-14-8-16(10-20-9-14)12-24-7-5-6-18(24)19-17(13-23(3)4)11-21-15(2)22-19/h8-11,18H,5-7,12-13H2,1-4H3. The van der Waals surface area contributed by atoms with Crippen LogP contribution in [0.1, 0.15) is 47.1 Å². The first-order valence-electron chi connectivity index (χ1n) is 8.64. The van der Waals surface area contributed by atoms with E-state index >= 15 is 0 Å². The third-order valence-electron chi connectivity index (χ3n) is 4.50. The van der Waals surface area contributed by atoms with E-state index in [0.29, 0.717) is 6.04 Å². The predicted octanol–water partition coefficient (Wildman–Crippen LogP) is 2.89. The minimum atomic E-state index is 0.377. The summed E-state index contributed by atoms with van der Waals surface area (Å²) in [5.41, 5.74) is 4.94. The van der Waals surface area contributed by atoms with E-state index in [1.807, 2.05) is 25.5 Å².